The maximum Gasteiger partial charge on any atom is 0.311 e. The van der Waals surface area contributed by atoms with Crippen LogP contribution in [0.5, 0.6) is 11.5 Å². The maximum atomic E-state index is 13.0. The molecular formula is C14H15Cl2FO5. The first-order valence-electron chi connectivity index (χ1n) is 6.40. The van der Waals surface area contributed by atoms with Crippen LogP contribution in [0.4, 0.5) is 4.39 Å². The molecular weight excluding hydrogens is 338 g/mol. The highest BCUT2D eigenvalue weighted by molar-refractivity contribution is 6.44. The fourth-order valence-electron chi connectivity index (χ4n) is 1.50. The lowest BCUT2D eigenvalue weighted by Gasteiger charge is -2.09. The lowest BCUT2D eigenvalue weighted by atomic mass is 10.2. The molecule has 0 aliphatic rings. The normalized spacial score (nSPS) is 10.4. The lowest BCUT2D eigenvalue weighted by Crippen LogP contribution is -2.12. The third-order valence-electron chi connectivity index (χ3n) is 2.48. The van der Waals surface area contributed by atoms with Gasteiger partial charge in [0.05, 0.1) is 7.11 Å². The molecule has 0 bridgehead atoms. The molecule has 0 saturated carbocycles. The van der Waals surface area contributed by atoms with Crippen molar-refractivity contribution in [1.82, 2.24) is 0 Å². The quantitative estimate of drug-likeness (QED) is 0.408. The number of esters is 2. The van der Waals surface area contributed by atoms with Gasteiger partial charge in [-0.05, 0) is 18.6 Å². The molecule has 0 fully saturated rings. The van der Waals surface area contributed by atoms with Crippen molar-refractivity contribution in [1.29, 1.82) is 0 Å². The van der Waals surface area contributed by atoms with Crippen molar-refractivity contribution in [2.24, 2.45) is 0 Å². The van der Waals surface area contributed by atoms with Crippen LogP contribution in [0.2, 0.25) is 0 Å². The number of hydrogen-bond donors (Lipinski definition) is 0. The molecule has 22 heavy (non-hydrogen) atoms. The number of carbonyl (C=O) groups is 2. The van der Waals surface area contributed by atoms with Gasteiger partial charge in [0.2, 0.25) is 0 Å². The largest absolute Gasteiger partial charge is 0.493 e. The molecule has 0 aromatic heterocycles. The van der Waals surface area contributed by atoms with E-state index < -0.39 is 22.6 Å². The summed E-state index contributed by atoms with van der Waals surface area (Å²) in [5.74, 6) is -1.34. The predicted molar refractivity (Wildman–Crippen MR) is 78.9 cm³/mol. The Morgan fingerprint density at radius 2 is 1.86 bits per heavy atom. The maximum absolute atomic E-state index is 13.0. The first-order chi connectivity index (χ1) is 10.4. The van der Waals surface area contributed by atoms with Gasteiger partial charge in [0.15, 0.2) is 11.5 Å². The summed E-state index contributed by atoms with van der Waals surface area (Å²) < 4.78 is 27.7. The molecule has 1 aromatic rings. The van der Waals surface area contributed by atoms with Crippen LogP contribution in [0.25, 0.3) is 0 Å². The Labute approximate surface area is 137 Å². The van der Waals surface area contributed by atoms with Gasteiger partial charge in [0.25, 0.3) is 0 Å². The van der Waals surface area contributed by atoms with Crippen molar-refractivity contribution in [3.63, 3.8) is 0 Å². The fourth-order valence-corrected chi connectivity index (χ4v) is 1.63. The minimum atomic E-state index is -0.778. The molecule has 0 heterocycles. The molecule has 5 nitrogen and oxygen atoms in total. The Kier molecular flexibility index (Phi) is 7.98. The summed E-state index contributed by atoms with van der Waals surface area (Å²) in [4.78, 5) is 22.1. The van der Waals surface area contributed by atoms with Crippen molar-refractivity contribution in [3.05, 3.63) is 24.0 Å². The summed E-state index contributed by atoms with van der Waals surface area (Å²) in [6, 6.07) is 3.55. The van der Waals surface area contributed by atoms with Gasteiger partial charge < -0.3 is 14.2 Å². The van der Waals surface area contributed by atoms with Crippen molar-refractivity contribution < 1.29 is 28.2 Å². The number of rotatable bonds is 8. The van der Waals surface area contributed by atoms with Crippen LogP contribution < -0.4 is 9.47 Å². The number of ether oxygens (including phenoxy) is 3. The first-order valence-corrected chi connectivity index (χ1v) is 7.27. The average molecular weight is 353 g/mol. The average Bonchev–Trinajstić information content (AvgIpc) is 2.47. The summed E-state index contributed by atoms with van der Waals surface area (Å²) in [6.07, 6.45) is 0.285. The van der Waals surface area contributed by atoms with Gasteiger partial charge >= 0.3 is 11.9 Å². The molecule has 0 aliphatic carbocycles. The fraction of sp³-hybridized carbons (Fsp3) is 0.429. The first kappa shape index (κ1) is 18.5. The zero-order valence-corrected chi connectivity index (χ0v) is 13.3. The van der Waals surface area contributed by atoms with Crippen LogP contribution >= 0.6 is 23.2 Å². The Morgan fingerprint density at radius 1 is 1.18 bits per heavy atom. The van der Waals surface area contributed by atoms with E-state index in [9.17, 15) is 14.0 Å². The van der Waals surface area contributed by atoms with E-state index in [-0.39, 0.29) is 37.4 Å². The molecule has 0 atom stereocenters. The molecule has 8 heteroatoms. The highest BCUT2D eigenvalue weighted by Crippen LogP contribution is 2.27. The Bertz CT molecular complexity index is 522. The van der Waals surface area contributed by atoms with E-state index in [1.54, 1.807) is 0 Å². The molecule has 122 valence electrons. The zero-order valence-electron chi connectivity index (χ0n) is 11.8. The van der Waals surface area contributed by atoms with Crippen molar-refractivity contribution in [3.8, 4) is 11.5 Å². The standard InChI is InChI=1S/C14H15Cl2FO5/c1-20-11-7-9(17)5-6-10(11)22-14(19)4-2-3-13(18)21-8-12(15)16/h5-7,12H,2-4,8H2,1H3. The van der Waals surface area contributed by atoms with Crippen molar-refractivity contribution >= 4 is 35.1 Å². The monoisotopic (exact) mass is 352 g/mol. The van der Waals surface area contributed by atoms with Crippen LogP contribution in [-0.4, -0.2) is 30.5 Å². The van der Waals surface area contributed by atoms with E-state index in [0.717, 1.165) is 12.1 Å². The van der Waals surface area contributed by atoms with E-state index >= 15 is 0 Å². The third-order valence-corrected chi connectivity index (χ3v) is 2.73. The van der Waals surface area contributed by atoms with E-state index in [1.165, 1.54) is 13.2 Å². The van der Waals surface area contributed by atoms with E-state index in [4.69, 9.17) is 37.4 Å². The van der Waals surface area contributed by atoms with Gasteiger partial charge in [0, 0.05) is 18.9 Å². The summed E-state index contributed by atoms with van der Waals surface area (Å²) in [5, 5.41) is 0. The minimum Gasteiger partial charge on any atom is -0.493 e. The molecule has 0 aliphatic heterocycles. The second kappa shape index (κ2) is 9.48. The smallest absolute Gasteiger partial charge is 0.311 e. The molecule has 1 rings (SSSR count). The number of benzene rings is 1. The summed E-state index contributed by atoms with van der Waals surface area (Å²) >= 11 is 10.8. The van der Waals surface area contributed by atoms with Crippen LogP contribution in [0.1, 0.15) is 19.3 Å². The molecule has 0 amide bonds. The number of hydrogen-bond acceptors (Lipinski definition) is 5. The number of alkyl halides is 2. The van der Waals surface area contributed by atoms with Crippen LogP contribution in [-0.2, 0) is 14.3 Å². The Balaban J connectivity index is 2.36. The molecule has 0 N–H and O–H groups in total. The van der Waals surface area contributed by atoms with Gasteiger partial charge in [-0.2, -0.15) is 0 Å². The number of halogens is 3. The van der Waals surface area contributed by atoms with Crippen LogP contribution in [0.15, 0.2) is 18.2 Å². The molecule has 1 aromatic carbocycles. The van der Waals surface area contributed by atoms with Crippen molar-refractivity contribution in [2.75, 3.05) is 13.7 Å². The van der Waals surface area contributed by atoms with E-state index in [1.807, 2.05) is 0 Å². The van der Waals surface area contributed by atoms with E-state index in [0.29, 0.717) is 0 Å². The van der Waals surface area contributed by atoms with Gasteiger partial charge in [-0.1, -0.05) is 0 Å². The molecule has 0 spiro atoms. The van der Waals surface area contributed by atoms with Gasteiger partial charge in [-0.15, -0.1) is 23.2 Å². The van der Waals surface area contributed by atoms with Crippen LogP contribution in [0, 0.1) is 5.82 Å². The molecule has 0 saturated heterocycles. The number of carbonyl (C=O) groups excluding carboxylic acids is 2. The van der Waals surface area contributed by atoms with Gasteiger partial charge in [0.1, 0.15) is 17.3 Å². The highest BCUT2D eigenvalue weighted by Gasteiger charge is 2.12. The van der Waals surface area contributed by atoms with Crippen molar-refractivity contribution in [2.45, 2.75) is 24.1 Å². The minimum absolute atomic E-state index is 0.000803. The summed E-state index contributed by atoms with van der Waals surface area (Å²) in [7, 11) is 1.34. The second-order valence-electron chi connectivity index (χ2n) is 4.20. The summed E-state index contributed by atoms with van der Waals surface area (Å²) in [5.41, 5.74) is 0. The second-order valence-corrected chi connectivity index (χ2v) is 5.47. The number of methoxy groups -OCH3 is 1. The lowest BCUT2D eigenvalue weighted by molar-refractivity contribution is -0.143. The van der Waals surface area contributed by atoms with Gasteiger partial charge in [-0.3, -0.25) is 9.59 Å². The predicted octanol–water partition coefficient (Wildman–Crippen LogP) is 3.26. The van der Waals surface area contributed by atoms with Crippen LogP contribution in [0.3, 0.4) is 0 Å². The Hall–Kier alpha value is -1.53. The van der Waals surface area contributed by atoms with Gasteiger partial charge in [-0.25, -0.2) is 4.39 Å². The molecule has 0 radical (unpaired) electrons. The summed E-state index contributed by atoms with van der Waals surface area (Å²) in [6.45, 7) is -0.0980. The highest BCUT2D eigenvalue weighted by atomic mass is 35.5. The molecule has 0 unspecified atom stereocenters. The SMILES string of the molecule is COc1cc(F)ccc1OC(=O)CCCC(=O)OCC(Cl)Cl. The topological polar surface area (TPSA) is 61.8 Å². The van der Waals surface area contributed by atoms with E-state index in [2.05, 4.69) is 0 Å². The zero-order chi connectivity index (χ0) is 16.5. The Morgan fingerprint density at radius 3 is 2.50 bits per heavy atom. The third kappa shape index (κ3) is 6.95.